The molecule has 4 heteroatoms. The van der Waals surface area contributed by atoms with Crippen molar-refractivity contribution in [2.24, 2.45) is 0 Å². The van der Waals surface area contributed by atoms with Crippen LogP contribution in [0.1, 0.15) is 22.7 Å². The maximum absolute atomic E-state index is 11.8. The van der Waals surface area contributed by atoms with Crippen LogP contribution in [0, 0.1) is 6.92 Å². The van der Waals surface area contributed by atoms with Crippen LogP contribution in [0.15, 0.2) is 22.6 Å². The molecule has 1 N–H and O–H groups in total. The van der Waals surface area contributed by atoms with Gasteiger partial charge in [0.2, 0.25) is 0 Å². The Labute approximate surface area is 93.7 Å². The Morgan fingerprint density at radius 3 is 3.06 bits per heavy atom. The summed E-state index contributed by atoms with van der Waals surface area (Å²) in [5.41, 5.74) is 2.16. The third-order valence-electron chi connectivity index (χ3n) is 2.42. The second kappa shape index (κ2) is 4.45. The number of nitrogens with zero attached hydrogens (tertiary/aromatic N) is 1. The number of rotatable bonds is 4. The van der Waals surface area contributed by atoms with Gasteiger partial charge in [0.05, 0.1) is 0 Å². The lowest BCUT2D eigenvalue weighted by Crippen LogP contribution is -2.12. The van der Waals surface area contributed by atoms with E-state index < -0.39 is 0 Å². The van der Waals surface area contributed by atoms with E-state index in [2.05, 4.69) is 10.3 Å². The lowest BCUT2D eigenvalue weighted by Gasteiger charge is -1.99. The number of aryl methyl sites for hydroxylation is 1. The molecule has 0 saturated heterocycles. The van der Waals surface area contributed by atoms with Crippen molar-refractivity contribution in [1.82, 2.24) is 10.3 Å². The van der Waals surface area contributed by atoms with Gasteiger partial charge in [-0.25, -0.2) is 4.98 Å². The quantitative estimate of drug-likeness (QED) is 0.797. The zero-order chi connectivity index (χ0) is 11.5. The molecule has 0 atom stereocenters. The number of hydrogen-bond donors (Lipinski definition) is 1. The molecule has 0 bridgehead atoms. The highest BCUT2D eigenvalue weighted by atomic mass is 16.3. The molecule has 84 valence electrons. The highest BCUT2D eigenvalue weighted by molar-refractivity contribution is 5.98. The Morgan fingerprint density at radius 2 is 2.31 bits per heavy atom. The smallest absolute Gasteiger partial charge is 0.192 e. The van der Waals surface area contributed by atoms with Gasteiger partial charge < -0.3 is 9.73 Å². The number of benzene rings is 1. The van der Waals surface area contributed by atoms with E-state index in [4.69, 9.17) is 4.42 Å². The zero-order valence-corrected chi connectivity index (χ0v) is 9.41. The van der Waals surface area contributed by atoms with E-state index in [-0.39, 0.29) is 5.78 Å². The summed E-state index contributed by atoms with van der Waals surface area (Å²) >= 11 is 0. The molecular formula is C12H14N2O2. The molecule has 2 rings (SSSR count). The van der Waals surface area contributed by atoms with Gasteiger partial charge in [0, 0.05) is 25.5 Å². The van der Waals surface area contributed by atoms with Gasteiger partial charge in [-0.15, -0.1) is 0 Å². The second-order valence-electron chi connectivity index (χ2n) is 3.69. The maximum Gasteiger partial charge on any atom is 0.192 e. The molecule has 0 fully saturated rings. The van der Waals surface area contributed by atoms with Crippen LogP contribution >= 0.6 is 0 Å². The summed E-state index contributed by atoms with van der Waals surface area (Å²) in [5, 5.41) is 2.95. The molecule has 16 heavy (non-hydrogen) atoms. The van der Waals surface area contributed by atoms with Crippen molar-refractivity contribution in [3.05, 3.63) is 29.7 Å². The average Bonchev–Trinajstić information content (AvgIpc) is 2.64. The van der Waals surface area contributed by atoms with E-state index in [9.17, 15) is 4.79 Å². The van der Waals surface area contributed by atoms with Gasteiger partial charge in [0.1, 0.15) is 5.52 Å². The fourth-order valence-corrected chi connectivity index (χ4v) is 1.60. The van der Waals surface area contributed by atoms with Crippen molar-refractivity contribution >= 4 is 16.9 Å². The fraction of sp³-hybridized carbons (Fsp3) is 0.333. The minimum Gasteiger partial charge on any atom is -0.441 e. The van der Waals surface area contributed by atoms with Gasteiger partial charge in [0.25, 0.3) is 0 Å². The third-order valence-corrected chi connectivity index (χ3v) is 2.42. The minimum atomic E-state index is 0.122. The van der Waals surface area contributed by atoms with Crippen LogP contribution in [0.3, 0.4) is 0 Å². The summed E-state index contributed by atoms with van der Waals surface area (Å²) in [5.74, 6) is 0.742. The van der Waals surface area contributed by atoms with Crippen molar-refractivity contribution < 1.29 is 9.21 Å². The van der Waals surface area contributed by atoms with E-state index >= 15 is 0 Å². The number of fused-ring (bicyclic) bond motifs is 1. The largest absolute Gasteiger partial charge is 0.441 e. The molecule has 0 aliphatic carbocycles. The first-order valence-corrected chi connectivity index (χ1v) is 5.25. The maximum atomic E-state index is 11.8. The number of Topliss-reactive ketones (excluding diaryl/α,β-unsaturated/α-hetero) is 1. The molecule has 0 radical (unpaired) electrons. The summed E-state index contributed by atoms with van der Waals surface area (Å²) < 4.78 is 5.35. The molecule has 1 aromatic carbocycles. The van der Waals surface area contributed by atoms with Crippen LogP contribution in [0.5, 0.6) is 0 Å². The Balaban J connectivity index is 2.28. The SMILES string of the molecule is CNCCC(=O)c1ccc2oc(C)nc2c1. The Morgan fingerprint density at radius 1 is 1.50 bits per heavy atom. The van der Waals surface area contributed by atoms with E-state index in [1.54, 1.807) is 25.1 Å². The Bertz CT molecular complexity index is 517. The van der Waals surface area contributed by atoms with Crippen LogP contribution in [0.2, 0.25) is 0 Å². The van der Waals surface area contributed by atoms with E-state index in [0.29, 0.717) is 24.4 Å². The highest BCUT2D eigenvalue weighted by Gasteiger charge is 2.08. The van der Waals surface area contributed by atoms with Crippen LogP contribution in [0.25, 0.3) is 11.1 Å². The number of ketones is 1. The van der Waals surface area contributed by atoms with Gasteiger partial charge in [-0.1, -0.05) is 0 Å². The molecule has 4 nitrogen and oxygen atoms in total. The van der Waals surface area contributed by atoms with Gasteiger partial charge in [-0.2, -0.15) is 0 Å². The van der Waals surface area contributed by atoms with Gasteiger partial charge in [-0.05, 0) is 25.2 Å². The monoisotopic (exact) mass is 218 g/mol. The molecular weight excluding hydrogens is 204 g/mol. The van der Waals surface area contributed by atoms with Crippen molar-refractivity contribution in [1.29, 1.82) is 0 Å². The molecule has 1 aromatic heterocycles. The first kappa shape index (κ1) is 10.8. The molecule has 0 aliphatic rings. The number of aromatic nitrogens is 1. The molecule has 1 heterocycles. The lowest BCUT2D eigenvalue weighted by molar-refractivity contribution is 0.0983. The first-order valence-electron chi connectivity index (χ1n) is 5.25. The Hall–Kier alpha value is -1.68. The predicted octanol–water partition coefficient (Wildman–Crippen LogP) is 1.93. The van der Waals surface area contributed by atoms with Crippen LogP contribution in [-0.2, 0) is 0 Å². The van der Waals surface area contributed by atoms with Crippen LogP contribution < -0.4 is 5.32 Å². The number of hydrogen-bond acceptors (Lipinski definition) is 4. The van der Waals surface area contributed by atoms with Gasteiger partial charge in [-0.3, -0.25) is 4.79 Å². The van der Waals surface area contributed by atoms with E-state index in [1.165, 1.54) is 0 Å². The molecule has 0 amide bonds. The molecule has 0 aliphatic heterocycles. The highest BCUT2D eigenvalue weighted by Crippen LogP contribution is 2.17. The summed E-state index contributed by atoms with van der Waals surface area (Å²) in [6.07, 6.45) is 0.499. The Kier molecular flexibility index (Phi) is 3.01. The zero-order valence-electron chi connectivity index (χ0n) is 9.41. The average molecular weight is 218 g/mol. The molecule has 0 spiro atoms. The number of oxazole rings is 1. The number of carbonyl (C=O) groups is 1. The molecule has 2 aromatic rings. The topological polar surface area (TPSA) is 55.1 Å². The predicted molar refractivity (Wildman–Crippen MR) is 61.6 cm³/mol. The third kappa shape index (κ3) is 2.12. The van der Waals surface area contributed by atoms with Gasteiger partial charge in [0.15, 0.2) is 17.3 Å². The van der Waals surface area contributed by atoms with Crippen LogP contribution in [-0.4, -0.2) is 24.4 Å². The first-order chi connectivity index (χ1) is 7.70. The normalized spacial score (nSPS) is 10.9. The van der Waals surface area contributed by atoms with Crippen molar-refractivity contribution in [2.75, 3.05) is 13.6 Å². The summed E-state index contributed by atoms with van der Waals surface area (Å²) in [7, 11) is 1.83. The summed E-state index contributed by atoms with van der Waals surface area (Å²) in [6, 6.07) is 5.36. The van der Waals surface area contributed by atoms with Crippen molar-refractivity contribution in [2.45, 2.75) is 13.3 Å². The van der Waals surface area contributed by atoms with Crippen LogP contribution in [0.4, 0.5) is 0 Å². The summed E-state index contributed by atoms with van der Waals surface area (Å²) in [6.45, 7) is 2.48. The van der Waals surface area contributed by atoms with E-state index in [1.807, 2.05) is 7.05 Å². The minimum absolute atomic E-state index is 0.122. The molecule has 0 saturated carbocycles. The number of nitrogens with one attached hydrogen (secondary N) is 1. The fourth-order valence-electron chi connectivity index (χ4n) is 1.60. The summed E-state index contributed by atoms with van der Waals surface area (Å²) in [4.78, 5) is 16.0. The van der Waals surface area contributed by atoms with Gasteiger partial charge >= 0.3 is 0 Å². The van der Waals surface area contributed by atoms with Crippen molar-refractivity contribution in [3.63, 3.8) is 0 Å². The molecule has 0 unspecified atom stereocenters. The van der Waals surface area contributed by atoms with E-state index in [0.717, 1.165) is 11.1 Å². The standard InChI is InChI=1S/C12H14N2O2/c1-8-14-10-7-9(3-4-12(10)16-8)11(15)5-6-13-2/h3-4,7,13H,5-6H2,1-2H3. The lowest BCUT2D eigenvalue weighted by atomic mass is 10.1. The number of carbonyl (C=O) groups excluding carboxylic acids is 1. The second-order valence-corrected chi connectivity index (χ2v) is 3.69. The van der Waals surface area contributed by atoms with Crippen molar-refractivity contribution in [3.8, 4) is 0 Å².